The maximum absolute atomic E-state index is 12.6. The molecular formula is C18H22N6O2. The van der Waals surface area contributed by atoms with Crippen molar-refractivity contribution in [3.8, 4) is 0 Å². The van der Waals surface area contributed by atoms with E-state index in [-0.39, 0.29) is 18.0 Å². The molecule has 8 heteroatoms. The number of carbonyl (C=O) groups is 2. The molecule has 2 saturated heterocycles. The molecule has 136 valence electrons. The van der Waals surface area contributed by atoms with E-state index in [1.165, 1.54) is 6.20 Å². The maximum atomic E-state index is 12.6. The van der Waals surface area contributed by atoms with Crippen LogP contribution in [0.3, 0.4) is 0 Å². The van der Waals surface area contributed by atoms with Crippen LogP contribution in [0.15, 0.2) is 18.5 Å². The van der Waals surface area contributed by atoms with Gasteiger partial charge in [-0.05, 0) is 31.7 Å². The SMILES string of the molecule is NC(=O)c1cnc2[nH]ccc2c1NN1CC2CCC(C1)N2C(=O)C1CC1. The van der Waals surface area contributed by atoms with E-state index in [4.69, 9.17) is 5.73 Å². The molecule has 1 saturated carbocycles. The number of carbonyl (C=O) groups excluding carboxylic acids is 2. The molecule has 0 radical (unpaired) electrons. The summed E-state index contributed by atoms with van der Waals surface area (Å²) in [6.07, 6.45) is 7.47. The molecule has 2 aromatic heterocycles. The van der Waals surface area contributed by atoms with Gasteiger partial charge in [-0.3, -0.25) is 9.59 Å². The fraction of sp³-hybridized carbons (Fsp3) is 0.500. The number of aromatic nitrogens is 2. The van der Waals surface area contributed by atoms with Crippen LogP contribution in [0.25, 0.3) is 11.0 Å². The average Bonchev–Trinajstić information content (AvgIpc) is 3.29. The predicted octanol–water partition coefficient (Wildman–Crippen LogP) is 1.07. The van der Waals surface area contributed by atoms with E-state index < -0.39 is 5.91 Å². The van der Waals surface area contributed by atoms with Crippen molar-refractivity contribution in [3.63, 3.8) is 0 Å². The third kappa shape index (κ3) is 2.44. The number of hydrogen-bond donors (Lipinski definition) is 3. The Morgan fingerprint density at radius 2 is 1.92 bits per heavy atom. The first-order valence-corrected chi connectivity index (χ1v) is 9.21. The number of nitrogens with one attached hydrogen (secondary N) is 2. The summed E-state index contributed by atoms with van der Waals surface area (Å²) in [7, 11) is 0. The molecule has 2 aromatic rings. The molecule has 0 aromatic carbocycles. The number of amides is 2. The van der Waals surface area contributed by atoms with Gasteiger partial charge >= 0.3 is 0 Å². The fourth-order valence-electron chi connectivity index (χ4n) is 4.37. The lowest BCUT2D eigenvalue weighted by molar-refractivity contribution is -0.138. The lowest BCUT2D eigenvalue weighted by Gasteiger charge is -2.41. The molecule has 2 amide bonds. The van der Waals surface area contributed by atoms with Crippen molar-refractivity contribution in [1.82, 2.24) is 19.9 Å². The minimum absolute atomic E-state index is 0.245. The molecule has 3 fully saturated rings. The number of fused-ring (bicyclic) bond motifs is 3. The predicted molar refractivity (Wildman–Crippen MR) is 96.2 cm³/mol. The quantitative estimate of drug-likeness (QED) is 0.761. The summed E-state index contributed by atoms with van der Waals surface area (Å²) in [6.45, 7) is 1.50. The Morgan fingerprint density at radius 3 is 2.58 bits per heavy atom. The van der Waals surface area contributed by atoms with Gasteiger partial charge in [0.1, 0.15) is 5.65 Å². The first-order chi connectivity index (χ1) is 12.6. The number of anilines is 1. The van der Waals surface area contributed by atoms with Gasteiger partial charge in [0.25, 0.3) is 5.91 Å². The van der Waals surface area contributed by atoms with E-state index in [1.807, 2.05) is 6.07 Å². The van der Waals surface area contributed by atoms with Crippen LogP contribution in [0, 0.1) is 5.92 Å². The van der Waals surface area contributed by atoms with E-state index in [0.29, 0.717) is 22.8 Å². The number of nitrogens with two attached hydrogens (primary N) is 1. The standard InChI is InChI=1S/C18H22N6O2/c19-16(25)14-7-21-17-13(5-6-20-17)15(14)22-23-8-11-3-4-12(9-23)24(11)18(26)10-1-2-10/h5-7,10-12H,1-4,8-9H2,(H2,19,25)(H2,20,21,22). The Labute approximate surface area is 150 Å². The summed E-state index contributed by atoms with van der Waals surface area (Å²) in [5, 5.41) is 2.96. The molecule has 2 atom stereocenters. The van der Waals surface area contributed by atoms with Crippen LogP contribution in [0.5, 0.6) is 0 Å². The van der Waals surface area contributed by atoms with Gasteiger partial charge in [0.05, 0.1) is 11.3 Å². The van der Waals surface area contributed by atoms with Gasteiger partial charge in [-0.1, -0.05) is 0 Å². The highest BCUT2D eigenvalue weighted by Crippen LogP contribution is 2.38. The minimum Gasteiger partial charge on any atom is -0.365 e. The number of nitrogens with zero attached hydrogens (tertiary/aromatic N) is 3. The molecule has 2 unspecified atom stereocenters. The van der Waals surface area contributed by atoms with Crippen molar-refractivity contribution < 1.29 is 9.59 Å². The molecule has 5 rings (SSSR count). The second-order valence-corrected chi connectivity index (χ2v) is 7.57. The monoisotopic (exact) mass is 354 g/mol. The smallest absolute Gasteiger partial charge is 0.252 e. The zero-order valence-electron chi connectivity index (χ0n) is 14.4. The van der Waals surface area contributed by atoms with Crippen molar-refractivity contribution in [1.29, 1.82) is 0 Å². The second kappa shape index (κ2) is 5.70. The first-order valence-electron chi connectivity index (χ1n) is 9.21. The Morgan fingerprint density at radius 1 is 1.19 bits per heavy atom. The van der Waals surface area contributed by atoms with E-state index in [9.17, 15) is 9.59 Å². The maximum Gasteiger partial charge on any atom is 0.252 e. The average molecular weight is 354 g/mol. The van der Waals surface area contributed by atoms with E-state index in [0.717, 1.165) is 44.2 Å². The van der Waals surface area contributed by atoms with Crippen LogP contribution in [-0.4, -0.2) is 56.9 Å². The lowest BCUT2D eigenvalue weighted by atomic mass is 10.1. The summed E-state index contributed by atoms with van der Waals surface area (Å²) in [5.74, 6) is 0.0966. The van der Waals surface area contributed by atoms with Gasteiger partial charge < -0.3 is 21.0 Å². The zero-order chi connectivity index (χ0) is 17.8. The van der Waals surface area contributed by atoms with E-state index in [1.54, 1.807) is 6.20 Å². The molecule has 4 N–H and O–H groups in total. The number of piperazine rings is 1. The molecule has 1 aliphatic carbocycles. The molecule has 0 spiro atoms. The molecular weight excluding hydrogens is 332 g/mol. The summed E-state index contributed by atoms with van der Waals surface area (Å²) >= 11 is 0. The van der Waals surface area contributed by atoms with Crippen LogP contribution in [0.1, 0.15) is 36.0 Å². The van der Waals surface area contributed by atoms with Crippen LogP contribution in [-0.2, 0) is 4.79 Å². The van der Waals surface area contributed by atoms with Crippen LogP contribution < -0.4 is 11.2 Å². The van der Waals surface area contributed by atoms with Crippen molar-refractivity contribution in [2.24, 2.45) is 11.7 Å². The van der Waals surface area contributed by atoms with Gasteiger partial charge in [0.15, 0.2) is 0 Å². The highest BCUT2D eigenvalue weighted by Gasteiger charge is 2.46. The molecule has 26 heavy (non-hydrogen) atoms. The number of hydrazine groups is 1. The van der Waals surface area contributed by atoms with Gasteiger partial charge in [-0.15, -0.1) is 0 Å². The van der Waals surface area contributed by atoms with Crippen molar-refractivity contribution >= 4 is 28.5 Å². The van der Waals surface area contributed by atoms with Crippen molar-refractivity contribution in [2.75, 3.05) is 18.5 Å². The number of primary amides is 1. The van der Waals surface area contributed by atoms with Crippen molar-refractivity contribution in [3.05, 3.63) is 24.0 Å². The number of aromatic amines is 1. The Bertz CT molecular complexity index is 875. The highest BCUT2D eigenvalue weighted by atomic mass is 16.2. The van der Waals surface area contributed by atoms with E-state index >= 15 is 0 Å². The van der Waals surface area contributed by atoms with E-state index in [2.05, 4.69) is 25.3 Å². The number of pyridine rings is 1. The summed E-state index contributed by atoms with van der Waals surface area (Å²) < 4.78 is 0. The summed E-state index contributed by atoms with van der Waals surface area (Å²) in [5.41, 5.74) is 10.7. The van der Waals surface area contributed by atoms with Crippen LogP contribution >= 0.6 is 0 Å². The molecule has 3 aliphatic rings. The third-order valence-electron chi connectivity index (χ3n) is 5.79. The zero-order valence-corrected chi connectivity index (χ0v) is 14.4. The third-order valence-corrected chi connectivity index (χ3v) is 5.79. The Balaban J connectivity index is 1.41. The van der Waals surface area contributed by atoms with Gasteiger partial charge in [0.2, 0.25) is 5.91 Å². The van der Waals surface area contributed by atoms with Crippen molar-refractivity contribution in [2.45, 2.75) is 37.8 Å². The normalized spacial score (nSPS) is 25.6. The van der Waals surface area contributed by atoms with Crippen LogP contribution in [0.2, 0.25) is 0 Å². The number of rotatable bonds is 4. The first kappa shape index (κ1) is 15.6. The molecule has 8 nitrogen and oxygen atoms in total. The fourth-order valence-corrected chi connectivity index (χ4v) is 4.37. The highest BCUT2D eigenvalue weighted by molar-refractivity contribution is 6.05. The Kier molecular flexibility index (Phi) is 3.43. The Hall–Kier alpha value is -2.61. The molecule has 2 bridgehead atoms. The summed E-state index contributed by atoms with van der Waals surface area (Å²) in [6, 6.07) is 2.38. The lowest BCUT2D eigenvalue weighted by Crippen LogP contribution is -2.57. The largest absolute Gasteiger partial charge is 0.365 e. The second-order valence-electron chi connectivity index (χ2n) is 7.57. The summed E-state index contributed by atoms with van der Waals surface area (Å²) in [4.78, 5) is 33.9. The topological polar surface area (TPSA) is 107 Å². The van der Waals surface area contributed by atoms with Crippen LogP contribution in [0.4, 0.5) is 5.69 Å². The number of H-pyrrole nitrogens is 1. The number of hydrogen-bond acceptors (Lipinski definition) is 5. The van der Waals surface area contributed by atoms with Gasteiger partial charge in [-0.25, -0.2) is 9.99 Å². The van der Waals surface area contributed by atoms with Gasteiger partial charge in [-0.2, -0.15) is 0 Å². The molecule has 2 aliphatic heterocycles. The molecule has 4 heterocycles. The van der Waals surface area contributed by atoms with Gasteiger partial charge in [0, 0.05) is 48.9 Å². The minimum atomic E-state index is -0.506.